The Bertz CT molecular complexity index is 565. The molecule has 1 aromatic carbocycles. The predicted octanol–water partition coefficient (Wildman–Crippen LogP) is 3.91. The molecular formula is C14H9BrN2. The lowest BCUT2D eigenvalue weighted by Gasteiger charge is -1.98. The topological polar surface area (TPSA) is 36.7 Å². The molecule has 2 rings (SSSR count). The van der Waals surface area contributed by atoms with Crippen LogP contribution in [0.15, 0.2) is 53.1 Å². The van der Waals surface area contributed by atoms with Crippen molar-refractivity contribution in [2.24, 2.45) is 0 Å². The third-order valence-electron chi connectivity index (χ3n) is 2.24. The van der Waals surface area contributed by atoms with E-state index >= 15 is 0 Å². The third kappa shape index (κ3) is 3.02. The average molecular weight is 285 g/mol. The van der Waals surface area contributed by atoms with Crippen LogP contribution in [0.25, 0.3) is 11.6 Å². The summed E-state index contributed by atoms with van der Waals surface area (Å²) in [6, 6.07) is 15.5. The Morgan fingerprint density at radius 2 is 1.94 bits per heavy atom. The van der Waals surface area contributed by atoms with Gasteiger partial charge in [-0.05, 0) is 35.9 Å². The quantitative estimate of drug-likeness (QED) is 0.784. The molecule has 2 nitrogen and oxygen atoms in total. The normalized spacial score (nSPS) is 10.9. The van der Waals surface area contributed by atoms with Crippen LogP contribution < -0.4 is 0 Å². The van der Waals surface area contributed by atoms with E-state index in [9.17, 15) is 0 Å². The number of hydrogen-bond acceptors (Lipinski definition) is 2. The van der Waals surface area contributed by atoms with Gasteiger partial charge in [0.15, 0.2) is 0 Å². The molecule has 0 aliphatic rings. The molecule has 0 N–H and O–H groups in total. The molecule has 0 spiro atoms. The smallest absolute Gasteiger partial charge is 0.101 e. The minimum absolute atomic E-state index is 0.563. The average Bonchev–Trinajstić information content (AvgIpc) is 2.39. The van der Waals surface area contributed by atoms with E-state index < -0.39 is 0 Å². The number of hydrogen-bond donors (Lipinski definition) is 0. The molecule has 0 aliphatic carbocycles. The van der Waals surface area contributed by atoms with Crippen molar-refractivity contribution >= 4 is 27.6 Å². The number of nitriles is 1. The molecule has 0 aliphatic heterocycles. The zero-order chi connectivity index (χ0) is 12.1. The lowest BCUT2D eigenvalue weighted by molar-refractivity contribution is 1.28. The van der Waals surface area contributed by atoms with Crippen LogP contribution in [0.2, 0.25) is 0 Å². The van der Waals surface area contributed by atoms with Crippen LogP contribution in [0.5, 0.6) is 0 Å². The molecular weight excluding hydrogens is 276 g/mol. The van der Waals surface area contributed by atoms with Gasteiger partial charge in [-0.3, -0.25) is 4.98 Å². The van der Waals surface area contributed by atoms with E-state index in [2.05, 4.69) is 27.0 Å². The van der Waals surface area contributed by atoms with E-state index in [0.29, 0.717) is 11.3 Å². The van der Waals surface area contributed by atoms with E-state index in [4.69, 9.17) is 5.26 Å². The zero-order valence-corrected chi connectivity index (χ0v) is 10.6. The number of halogens is 1. The minimum Gasteiger partial charge on any atom is -0.256 e. The Morgan fingerprint density at radius 1 is 1.18 bits per heavy atom. The number of rotatable bonds is 2. The van der Waals surface area contributed by atoms with Gasteiger partial charge in [-0.15, -0.1) is 0 Å². The molecule has 0 amide bonds. The fraction of sp³-hybridized carbons (Fsp3) is 0. The summed E-state index contributed by atoms with van der Waals surface area (Å²) in [7, 11) is 0. The fourth-order valence-electron chi connectivity index (χ4n) is 1.41. The molecule has 1 heterocycles. The van der Waals surface area contributed by atoms with Gasteiger partial charge in [-0.25, -0.2) is 0 Å². The van der Waals surface area contributed by atoms with Crippen molar-refractivity contribution in [2.75, 3.05) is 0 Å². The Kier molecular flexibility index (Phi) is 3.69. The Balaban J connectivity index is 2.37. The van der Waals surface area contributed by atoms with Gasteiger partial charge >= 0.3 is 0 Å². The van der Waals surface area contributed by atoms with Gasteiger partial charge in [0.2, 0.25) is 0 Å². The molecule has 0 saturated heterocycles. The van der Waals surface area contributed by atoms with Crippen molar-refractivity contribution in [3.63, 3.8) is 0 Å². The Labute approximate surface area is 108 Å². The molecule has 0 atom stereocenters. The molecule has 1 aromatic heterocycles. The van der Waals surface area contributed by atoms with E-state index in [0.717, 1.165) is 10.0 Å². The number of pyridine rings is 1. The molecule has 0 saturated carbocycles. The highest BCUT2D eigenvalue weighted by Gasteiger charge is 2.01. The molecule has 0 bridgehead atoms. The largest absolute Gasteiger partial charge is 0.256 e. The van der Waals surface area contributed by atoms with Crippen LogP contribution >= 0.6 is 15.9 Å². The molecule has 3 heteroatoms. The maximum absolute atomic E-state index is 9.13. The van der Waals surface area contributed by atoms with Crippen LogP contribution in [-0.4, -0.2) is 4.98 Å². The molecule has 82 valence electrons. The third-order valence-corrected chi connectivity index (χ3v) is 2.77. The SMILES string of the molecule is N#CC(=Cc1ccc(Br)cc1)c1ccccn1. The van der Waals surface area contributed by atoms with E-state index in [1.54, 1.807) is 6.20 Å². The van der Waals surface area contributed by atoms with Gasteiger partial charge in [0, 0.05) is 10.7 Å². The van der Waals surface area contributed by atoms with Crippen molar-refractivity contribution in [1.29, 1.82) is 5.26 Å². The van der Waals surface area contributed by atoms with Crippen LogP contribution in [0, 0.1) is 11.3 Å². The maximum Gasteiger partial charge on any atom is 0.101 e. The lowest BCUT2D eigenvalue weighted by atomic mass is 10.1. The number of allylic oxidation sites excluding steroid dienone is 1. The first-order chi connectivity index (χ1) is 8.29. The van der Waals surface area contributed by atoms with Gasteiger partial charge in [0.05, 0.1) is 11.3 Å². The van der Waals surface area contributed by atoms with Crippen molar-refractivity contribution in [3.8, 4) is 6.07 Å². The molecule has 17 heavy (non-hydrogen) atoms. The molecule has 2 aromatic rings. The fourth-order valence-corrected chi connectivity index (χ4v) is 1.68. The molecule has 0 fully saturated rings. The van der Waals surface area contributed by atoms with E-state index in [1.807, 2.05) is 48.5 Å². The van der Waals surface area contributed by atoms with E-state index in [-0.39, 0.29) is 0 Å². The van der Waals surface area contributed by atoms with E-state index in [1.165, 1.54) is 0 Å². The highest BCUT2D eigenvalue weighted by molar-refractivity contribution is 9.10. The van der Waals surface area contributed by atoms with Gasteiger partial charge < -0.3 is 0 Å². The van der Waals surface area contributed by atoms with Crippen molar-refractivity contribution in [3.05, 3.63) is 64.4 Å². The number of benzene rings is 1. The second kappa shape index (κ2) is 5.42. The Hall–Kier alpha value is -1.92. The standard InChI is InChI=1S/C14H9BrN2/c15-13-6-4-11(5-7-13)9-12(10-16)14-3-1-2-8-17-14/h1-9H. The summed E-state index contributed by atoms with van der Waals surface area (Å²) < 4.78 is 1.02. The first kappa shape index (κ1) is 11.6. The summed E-state index contributed by atoms with van der Waals surface area (Å²) in [6.45, 7) is 0. The summed E-state index contributed by atoms with van der Waals surface area (Å²) in [4.78, 5) is 4.16. The Morgan fingerprint density at radius 3 is 2.53 bits per heavy atom. The first-order valence-electron chi connectivity index (χ1n) is 5.08. The lowest BCUT2D eigenvalue weighted by Crippen LogP contribution is -1.85. The summed E-state index contributed by atoms with van der Waals surface area (Å²) in [5.74, 6) is 0. The predicted molar refractivity (Wildman–Crippen MR) is 71.9 cm³/mol. The van der Waals surface area contributed by atoms with Crippen LogP contribution in [-0.2, 0) is 0 Å². The zero-order valence-electron chi connectivity index (χ0n) is 8.97. The van der Waals surface area contributed by atoms with Gasteiger partial charge in [-0.1, -0.05) is 34.1 Å². The van der Waals surface area contributed by atoms with Crippen LogP contribution in [0.1, 0.15) is 11.3 Å². The van der Waals surface area contributed by atoms with Crippen molar-refractivity contribution in [2.45, 2.75) is 0 Å². The van der Waals surface area contributed by atoms with Crippen molar-refractivity contribution < 1.29 is 0 Å². The molecule has 0 unspecified atom stereocenters. The van der Waals surface area contributed by atoms with Gasteiger partial charge in [0.1, 0.15) is 6.07 Å². The minimum atomic E-state index is 0.563. The maximum atomic E-state index is 9.13. The second-order valence-corrected chi connectivity index (χ2v) is 4.35. The van der Waals surface area contributed by atoms with Gasteiger partial charge in [0.25, 0.3) is 0 Å². The summed E-state index contributed by atoms with van der Waals surface area (Å²) in [5.41, 5.74) is 2.24. The van der Waals surface area contributed by atoms with Gasteiger partial charge in [-0.2, -0.15) is 5.26 Å². The summed E-state index contributed by atoms with van der Waals surface area (Å²) in [5, 5.41) is 9.13. The summed E-state index contributed by atoms with van der Waals surface area (Å²) >= 11 is 3.38. The van der Waals surface area contributed by atoms with Crippen LogP contribution in [0.3, 0.4) is 0 Å². The highest BCUT2D eigenvalue weighted by Crippen LogP contribution is 2.17. The van der Waals surface area contributed by atoms with Crippen molar-refractivity contribution in [1.82, 2.24) is 4.98 Å². The number of aromatic nitrogens is 1. The highest BCUT2D eigenvalue weighted by atomic mass is 79.9. The van der Waals surface area contributed by atoms with Crippen LogP contribution in [0.4, 0.5) is 0 Å². The molecule has 0 radical (unpaired) electrons. The second-order valence-electron chi connectivity index (χ2n) is 3.44. The first-order valence-corrected chi connectivity index (χ1v) is 5.87. The monoisotopic (exact) mass is 284 g/mol. The number of nitrogens with zero attached hydrogens (tertiary/aromatic N) is 2. The summed E-state index contributed by atoms with van der Waals surface area (Å²) in [6.07, 6.45) is 3.51.